The number of anilines is 1. The summed E-state index contributed by atoms with van der Waals surface area (Å²) in [5.41, 5.74) is 2.93. The van der Waals surface area contributed by atoms with Crippen LogP contribution in [0.1, 0.15) is 24.0 Å². The Morgan fingerprint density at radius 3 is 2.72 bits per heavy atom. The maximum atomic E-state index is 12.7. The second-order valence-corrected chi connectivity index (χ2v) is 7.45. The number of rotatable bonds is 4. The lowest BCUT2D eigenvalue weighted by atomic mass is 9.96. The first-order chi connectivity index (χ1) is 12.0. The molecule has 2 aromatic carbocycles. The standard InChI is InChI=1S/C20H22Cl2N2O/c1-14-18(22)5-2-6-19(14)23-20(25)16-4-3-11-24(13-16)12-15-7-9-17(21)10-8-15/h2,5-10,16H,3-4,11-13H2,1H3,(H,23,25)/t16-/m1/s1. The smallest absolute Gasteiger partial charge is 0.228 e. The van der Waals surface area contributed by atoms with Crippen LogP contribution >= 0.6 is 23.2 Å². The predicted octanol–water partition coefficient (Wildman–Crippen LogP) is 5.15. The first-order valence-electron chi connectivity index (χ1n) is 8.55. The molecule has 1 aliphatic heterocycles. The lowest BCUT2D eigenvalue weighted by Crippen LogP contribution is -2.40. The summed E-state index contributed by atoms with van der Waals surface area (Å²) in [5.74, 6) is 0.0746. The number of benzene rings is 2. The van der Waals surface area contributed by atoms with E-state index in [0.717, 1.165) is 48.7 Å². The van der Waals surface area contributed by atoms with E-state index in [9.17, 15) is 4.79 Å². The zero-order chi connectivity index (χ0) is 17.8. The maximum Gasteiger partial charge on any atom is 0.228 e. The Labute approximate surface area is 158 Å². The number of amides is 1. The third kappa shape index (κ3) is 4.75. The van der Waals surface area contributed by atoms with Gasteiger partial charge in [-0.1, -0.05) is 41.4 Å². The van der Waals surface area contributed by atoms with Crippen LogP contribution in [0.3, 0.4) is 0 Å². The summed E-state index contributed by atoms with van der Waals surface area (Å²) in [6.45, 7) is 4.56. The molecule has 0 aliphatic carbocycles. The number of hydrogen-bond acceptors (Lipinski definition) is 2. The van der Waals surface area contributed by atoms with Crippen molar-refractivity contribution in [1.29, 1.82) is 0 Å². The largest absolute Gasteiger partial charge is 0.326 e. The van der Waals surface area contributed by atoms with Gasteiger partial charge in [0.05, 0.1) is 5.92 Å². The average molecular weight is 377 g/mol. The van der Waals surface area contributed by atoms with Crippen LogP contribution < -0.4 is 5.32 Å². The molecule has 1 heterocycles. The molecule has 0 radical (unpaired) electrons. The molecule has 0 aromatic heterocycles. The normalized spacial score (nSPS) is 18.1. The van der Waals surface area contributed by atoms with Crippen LogP contribution in [-0.2, 0) is 11.3 Å². The monoisotopic (exact) mass is 376 g/mol. The van der Waals surface area contributed by atoms with Gasteiger partial charge in [0.2, 0.25) is 5.91 Å². The fraction of sp³-hybridized carbons (Fsp3) is 0.350. The summed E-state index contributed by atoms with van der Waals surface area (Å²) in [6.07, 6.45) is 1.95. The highest BCUT2D eigenvalue weighted by atomic mass is 35.5. The minimum Gasteiger partial charge on any atom is -0.326 e. The molecule has 25 heavy (non-hydrogen) atoms. The molecule has 0 bridgehead atoms. The number of nitrogens with one attached hydrogen (secondary N) is 1. The fourth-order valence-electron chi connectivity index (χ4n) is 3.24. The summed E-state index contributed by atoms with van der Waals surface area (Å²) in [5, 5.41) is 4.46. The van der Waals surface area contributed by atoms with E-state index >= 15 is 0 Å². The second kappa shape index (κ2) is 8.22. The van der Waals surface area contributed by atoms with Gasteiger partial charge in [-0.3, -0.25) is 9.69 Å². The summed E-state index contributed by atoms with van der Waals surface area (Å²) >= 11 is 12.1. The van der Waals surface area contributed by atoms with Crippen molar-refractivity contribution in [3.8, 4) is 0 Å². The number of carbonyl (C=O) groups excluding carboxylic acids is 1. The molecule has 0 saturated carbocycles. The molecule has 132 valence electrons. The van der Waals surface area contributed by atoms with Gasteiger partial charge in [0, 0.05) is 28.8 Å². The van der Waals surface area contributed by atoms with Crippen molar-refractivity contribution in [2.45, 2.75) is 26.3 Å². The van der Waals surface area contributed by atoms with Gasteiger partial charge in [0.15, 0.2) is 0 Å². The van der Waals surface area contributed by atoms with Crippen molar-refractivity contribution in [3.05, 3.63) is 63.6 Å². The molecular formula is C20H22Cl2N2O. The van der Waals surface area contributed by atoms with Crippen LogP contribution in [0.15, 0.2) is 42.5 Å². The van der Waals surface area contributed by atoms with Crippen LogP contribution in [0.5, 0.6) is 0 Å². The molecule has 3 rings (SSSR count). The van der Waals surface area contributed by atoms with E-state index in [1.807, 2.05) is 49.4 Å². The van der Waals surface area contributed by atoms with Crippen LogP contribution in [0.25, 0.3) is 0 Å². The lowest BCUT2D eigenvalue weighted by Gasteiger charge is -2.32. The summed E-state index contributed by atoms with van der Waals surface area (Å²) in [4.78, 5) is 15.0. The molecule has 5 heteroatoms. The predicted molar refractivity (Wildman–Crippen MR) is 104 cm³/mol. The highest BCUT2D eigenvalue weighted by molar-refractivity contribution is 6.31. The Hall–Kier alpha value is -1.55. The third-order valence-corrected chi connectivity index (χ3v) is 5.38. The topological polar surface area (TPSA) is 32.3 Å². The number of hydrogen-bond donors (Lipinski definition) is 1. The van der Waals surface area contributed by atoms with Crippen molar-refractivity contribution in [2.75, 3.05) is 18.4 Å². The molecule has 1 aliphatic rings. The summed E-state index contributed by atoms with van der Waals surface area (Å²) in [7, 11) is 0. The van der Waals surface area contributed by atoms with Gasteiger partial charge in [0.1, 0.15) is 0 Å². The fourth-order valence-corrected chi connectivity index (χ4v) is 3.54. The van der Waals surface area contributed by atoms with E-state index in [2.05, 4.69) is 10.2 Å². The number of carbonyl (C=O) groups is 1. The SMILES string of the molecule is Cc1c(Cl)cccc1NC(=O)[C@@H]1CCCN(Cc2ccc(Cl)cc2)C1. The van der Waals surface area contributed by atoms with Gasteiger partial charge in [-0.15, -0.1) is 0 Å². The molecule has 0 unspecified atom stereocenters. The van der Waals surface area contributed by atoms with Gasteiger partial charge in [-0.25, -0.2) is 0 Å². The Kier molecular flexibility index (Phi) is 6.00. The molecule has 1 amide bonds. The molecular weight excluding hydrogens is 355 g/mol. The van der Waals surface area contributed by atoms with Crippen LogP contribution in [0.4, 0.5) is 5.69 Å². The quantitative estimate of drug-likeness (QED) is 0.799. The molecule has 3 nitrogen and oxygen atoms in total. The summed E-state index contributed by atoms with van der Waals surface area (Å²) < 4.78 is 0. The molecule has 2 aromatic rings. The Bertz CT molecular complexity index is 746. The minimum absolute atomic E-state index is 0.000526. The van der Waals surface area contributed by atoms with Gasteiger partial charge in [-0.05, 0) is 61.7 Å². The number of halogens is 2. The minimum atomic E-state index is -0.000526. The van der Waals surface area contributed by atoms with Crippen molar-refractivity contribution in [2.24, 2.45) is 5.92 Å². The third-order valence-electron chi connectivity index (χ3n) is 4.72. The van der Waals surface area contributed by atoms with Crippen molar-refractivity contribution >= 4 is 34.8 Å². The Balaban J connectivity index is 1.61. The molecule has 1 fully saturated rings. The van der Waals surface area contributed by atoms with Gasteiger partial charge < -0.3 is 5.32 Å². The van der Waals surface area contributed by atoms with Crippen LogP contribution in [0.2, 0.25) is 10.0 Å². The first kappa shape index (κ1) is 18.2. The van der Waals surface area contributed by atoms with E-state index in [-0.39, 0.29) is 11.8 Å². The average Bonchev–Trinajstić information content (AvgIpc) is 2.61. The zero-order valence-electron chi connectivity index (χ0n) is 14.3. The maximum absolute atomic E-state index is 12.7. The number of nitrogens with zero attached hydrogens (tertiary/aromatic N) is 1. The molecule has 1 atom stereocenters. The Morgan fingerprint density at radius 1 is 1.20 bits per heavy atom. The first-order valence-corrected chi connectivity index (χ1v) is 9.31. The molecule has 1 N–H and O–H groups in total. The second-order valence-electron chi connectivity index (χ2n) is 6.60. The van der Waals surface area contributed by atoms with Crippen LogP contribution in [0, 0.1) is 12.8 Å². The van der Waals surface area contributed by atoms with E-state index in [0.29, 0.717) is 5.02 Å². The Morgan fingerprint density at radius 2 is 1.96 bits per heavy atom. The highest BCUT2D eigenvalue weighted by Gasteiger charge is 2.26. The number of likely N-dealkylation sites (tertiary alicyclic amines) is 1. The summed E-state index contributed by atoms with van der Waals surface area (Å²) in [6, 6.07) is 13.5. The van der Waals surface area contributed by atoms with Crippen molar-refractivity contribution in [3.63, 3.8) is 0 Å². The van der Waals surface area contributed by atoms with Gasteiger partial charge in [0.25, 0.3) is 0 Å². The van der Waals surface area contributed by atoms with E-state index in [1.54, 1.807) is 0 Å². The van der Waals surface area contributed by atoms with E-state index < -0.39 is 0 Å². The lowest BCUT2D eigenvalue weighted by molar-refractivity contribution is -0.121. The molecule has 0 spiro atoms. The van der Waals surface area contributed by atoms with Crippen LogP contribution in [-0.4, -0.2) is 23.9 Å². The van der Waals surface area contributed by atoms with Gasteiger partial charge >= 0.3 is 0 Å². The molecule has 1 saturated heterocycles. The number of piperidine rings is 1. The van der Waals surface area contributed by atoms with E-state index in [4.69, 9.17) is 23.2 Å². The zero-order valence-corrected chi connectivity index (χ0v) is 15.8. The van der Waals surface area contributed by atoms with E-state index in [1.165, 1.54) is 5.56 Å². The van der Waals surface area contributed by atoms with Gasteiger partial charge in [-0.2, -0.15) is 0 Å². The highest BCUT2D eigenvalue weighted by Crippen LogP contribution is 2.25. The van der Waals surface area contributed by atoms with Crippen molar-refractivity contribution < 1.29 is 4.79 Å². The van der Waals surface area contributed by atoms with Crippen molar-refractivity contribution in [1.82, 2.24) is 4.90 Å².